The van der Waals surface area contributed by atoms with Crippen LogP contribution in [0.25, 0.3) is 0 Å². The number of halogens is 1. The van der Waals surface area contributed by atoms with Crippen LogP contribution in [0.15, 0.2) is 48.8 Å². The second-order valence-corrected chi connectivity index (χ2v) is 4.24. The first-order valence-electron chi connectivity index (χ1n) is 5.79. The fourth-order valence-electron chi connectivity index (χ4n) is 1.76. The van der Waals surface area contributed by atoms with Crippen molar-refractivity contribution in [3.05, 3.63) is 70.0 Å². The van der Waals surface area contributed by atoms with Crippen molar-refractivity contribution in [1.29, 1.82) is 0 Å². The number of carbonyl (C=O) groups excluding carboxylic acids is 1. The molecular weight excluding hydrogens is 324 g/mol. The number of benzene rings is 1. The molecule has 6 heteroatoms. The molecule has 0 aliphatic rings. The average molecular weight is 337 g/mol. The molecule has 0 aliphatic heterocycles. The number of hydrogen-bond donors (Lipinski definition) is 0. The van der Waals surface area contributed by atoms with Crippen LogP contribution in [0.3, 0.4) is 0 Å². The summed E-state index contributed by atoms with van der Waals surface area (Å²) in [6.07, 6.45) is 3.62. The fourth-order valence-corrected chi connectivity index (χ4v) is 1.76. The summed E-state index contributed by atoms with van der Waals surface area (Å²) in [6, 6.07) is 9.95. The van der Waals surface area contributed by atoms with Gasteiger partial charge in [-0.15, -0.1) is 0 Å². The summed E-state index contributed by atoms with van der Waals surface area (Å²) in [5.41, 5.74) is 1.66. The molecule has 0 aliphatic carbocycles. The first kappa shape index (κ1) is 16.0. The molecule has 2 aromatic rings. The Labute approximate surface area is 126 Å². The average Bonchev–Trinajstić information content (AvgIpc) is 2.39. The Kier molecular flexibility index (Phi) is 5.52. The van der Waals surface area contributed by atoms with Crippen LogP contribution in [-0.2, 0) is 6.54 Å². The van der Waals surface area contributed by atoms with Gasteiger partial charge in [-0.3, -0.25) is 14.9 Å². The maximum absolute atomic E-state index is 11.3. The van der Waals surface area contributed by atoms with Gasteiger partial charge in [0, 0.05) is 23.8 Å². The van der Waals surface area contributed by atoms with Gasteiger partial charge in [-0.25, -0.2) is 4.57 Å². The van der Waals surface area contributed by atoms with Crippen molar-refractivity contribution in [3.63, 3.8) is 0 Å². The first-order chi connectivity index (χ1) is 9.06. The number of nitro groups is 1. The van der Waals surface area contributed by atoms with Crippen LogP contribution < -0.4 is 21.5 Å². The third-order valence-corrected chi connectivity index (χ3v) is 2.78. The Hall–Kier alpha value is -2.08. The van der Waals surface area contributed by atoms with Crippen LogP contribution in [0, 0.1) is 10.1 Å². The molecule has 0 spiro atoms. The maximum atomic E-state index is 11.3. The number of nitrogens with zero attached hydrogens (tertiary/aromatic N) is 2. The van der Waals surface area contributed by atoms with Crippen LogP contribution in [0.5, 0.6) is 0 Å². The Bertz CT molecular complexity index is 627. The van der Waals surface area contributed by atoms with Crippen LogP contribution in [0.2, 0.25) is 0 Å². The number of hydrogen-bond acceptors (Lipinski definition) is 3. The molecule has 0 bridgehead atoms. The molecule has 0 radical (unpaired) electrons. The standard InChI is InChI=1S/C14H13N2O3.BrH/c1-11(17)13-3-2-8-15(10-13)9-12-4-6-14(7-5-12)16(18)19;/h2-8,10H,9H2,1H3;1H/q+1;/p-1. The molecular formula is C14H13BrN2O3. The van der Waals surface area contributed by atoms with Gasteiger partial charge in [0.05, 0.1) is 10.5 Å². The highest BCUT2D eigenvalue weighted by Gasteiger charge is 2.09. The van der Waals surface area contributed by atoms with Crippen LogP contribution in [0.4, 0.5) is 5.69 Å². The molecule has 1 heterocycles. The zero-order valence-electron chi connectivity index (χ0n) is 10.8. The quantitative estimate of drug-likeness (QED) is 0.316. The predicted molar refractivity (Wildman–Crippen MR) is 68.8 cm³/mol. The van der Waals surface area contributed by atoms with E-state index in [1.54, 1.807) is 24.4 Å². The summed E-state index contributed by atoms with van der Waals surface area (Å²) in [7, 11) is 0. The van der Waals surface area contributed by atoms with E-state index in [4.69, 9.17) is 0 Å². The zero-order chi connectivity index (χ0) is 13.8. The summed E-state index contributed by atoms with van der Waals surface area (Å²) in [5, 5.41) is 10.6. The van der Waals surface area contributed by atoms with E-state index in [0.29, 0.717) is 12.1 Å². The molecule has 20 heavy (non-hydrogen) atoms. The SMILES string of the molecule is CC(=O)c1ccc[n+](Cc2ccc([N+](=O)[O-])cc2)c1.[Br-]. The molecule has 1 aromatic carbocycles. The fraction of sp³-hybridized carbons (Fsp3) is 0.143. The summed E-state index contributed by atoms with van der Waals surface area (Å²) < 4.78 is 1.87. The largest absolute Gasteiger partial charge is 1.00 e. The highest BCUT2D eigenvalue weighted by molar-refractivity contribution is 5.93. The number of nitro benzene ring substituents is 1. The predicted octanol–water partition coefficient (Wildman–Crippen LogP) is -0.863. The van der Waals surface area contributed by atoms with E-state index in [0.717, 1.165) is 5.56 Å². The van der Waals surface area contributed by atoms with Gasteiger partial charge in [0.1, 0.15) is 0 Å². The lowest BCUT2D eigenvalue weighted by molar-refractivity contribution is -0.688. The van der Waals surface area contributed by atoms with Crippen molar-refractivity contribution >= 4 is 11.5 Å². The lowest BCUT2D eigenvalue weighted by Crippen LogP contribution is -3.00. The van der Waals surface area contributed by atoms with E-state index in [1.165, 1.54) is 19.1 Å². The summed E-state index contributed by atoms with van der Waals surface area (Å²) in [4.78, 5) is 21.4. The molecule has 0 saturated carbocycles. The van der Waals surface area contributed by atoms with Gasteiger partial charge in [0.2, 0.25) is 0 Å². The minimum atomic E-state index is -0.423. The van der Waals surface area contributed by atoms with Crippen molar-refractivity contribution < 1.29 is 31.3 Å². The molecule has 1 aromatic heterocycles. The monoisotopic (exact) mass is 336 g/mol. The first-order valence-corrected chi connectivity index (χ1v) is 5.79. The summed E-state index contributed by atoms with van der Waals surface area (Å²) in [6.45, 7) is 2.09. The number of carbonyl (C=O) groups is 1. The van der Waals surface area contributed by atoms with Crippen molar-refractivity contribution in [3.8, 4) is 0 Å². The highest BCUT2D eigenvalue weighted by Crippen LogP contribution is 2.11. The van der Waals surface area contributed by atoms with Crippen molar-refractivity contribution in [2.45, 2.75) is 13.5 Å². The van der Waals surface area contributed by atoms with Crippen LogP contribution in [0.1, 0.15) is 22.8 Å². The Balaban J connectivity index is 0.00000200. The van der Waals surface area contributed by atoms with E-state index in [1.807, 2.05) is 16.8 Å². The lowest BCUT2D eigenvalue weighted by atomic mass is 10.2. The molecule has 0 unspecified atom stereocenters. The second kappa shape index (κ2) is 6.91. The van der Waals surface area contributed by atoms with Gasteiger partial charge in [-0.05, 0) is 25.1 Å². The third kappa shape index (κ3) is 3.96. The van der Waals surface area contributed by atoms with E-state index in [-0.39, 0.29) is 28.5 Å². The normalized spacial score (nSPS) is 9.65. The number of rotatable bonds is 4. The topological polar surface area (TPSA) is 64.1 Å². The van der Waals surface area contributed by atoms with Gasteiger partial charge < -0.3 is 17.0 Å². The number of pyridine rings is 1. The van der Waals surface area contributed by atoms with Gasteiger partial charge >= 0.3 is 0 Å². The summed E-state index contributed by atoms with van der Waals surface area (Å²) in [5.74, 6) is 0.0121. The summed E-state index contributed by atoms with van der Waals surface area (Å²) >= 11 is 0. The Morgan fingerprint density at radius 1 is 1.25 bits per heavy atom. The highest BCUT2D eigenvalue weighted by atomic mass is 79.9. The smallest absolute Gasteiger partial charge is 0.269 e. The minimum absolute atomic E-state index is 0. The Morgan fingerprint density at radius 3 is 2.45 bits per heavy atom. The molecule has 0 saturated heterocycles. The molecule has 0 fully saturated rings. The number of non-ortho nitro benzene ring substituents is 1. The van der Waals surface area contributed by atoms with Gasteiger partial charge in [0.25, 0.3) is 5.69 Å². The number of Topliss-reactive ketones (excluding diaryl/α,β-unsaturated/α-hetero) is 1. The van der Waals surface area contributed by atoms with Crippen LogP contribution in [-0.4, -0.2) is 10.7 Å². The van der Waals surface area contributed by atoms with Crippen molar-refractivity contribution in [2.75, 3.05) is 0 Å². The van der Waals surface area contributed by atoms with E-state index >= 15 is 0 Å². The van der Waals surface area contributed by atoms with E-state index in [2.05, 4.69) is 0 Å². The van der Waals surface area contributed by atoms with E-state index in [9.17, 15) is 14.9 Å². The third-order valence-electron chi connectivity index (χ3n) is 2.78. The van der Waals surface area contributed by atoms with Gasteiger partial charge in [-0.1, -0.05) is 0 Å². The van der Waals surface area contributed by atoms with Crippen molar-refractivity contribution in [2.24, 2.45) is 0 Å². The van der Waals surface area contributed by atoms with Crippen LogP contribution >= 0.6 is 0 Å². The van der Waals surface area contributed by atoms with E-state index < -0.39 is 4.92 Å². The molecule has 2 rings (SSSR count). The van der Waals surface area contributed by atoms with Crippen molar-refractivity contribution in [1.82, 2.24) is 0 Å². The van der Waals surface area contributed by atoms with Gasteiger partial charge in [0.15, 0.2) is 24.7 Å². The zero-order valence-corrected chi connectivity index (χ0v) is 12.4. The lowest BCUT2D eigenvalue weighted by Gasteiger charge is -1.99. The Morgan fingerprint density at radius 2 is 1.90 bits per heavy atom. The molecule has 0 atom stereocenters. The number of ketones is 1. The molecule has 0 amide bonds. The maximum Gasteiger partial charge on any atom is 0.269 e. The molecule has 5 nitrogen and oxygen atoms in total. The molecule has 104 valence electrons. The van der Waals surface area contributed by atoms with Gasteiger partial charge in [-0.2, -0.15) is 0 Å². The minimum Gasteiger partial charge on any atom is -1.00 e. The second-order valence-electron chi connectivity index (χ2n) is 4.24. The molecule has 0 N–H and O–H groups in total. The number of aromatic nitrogens is 1.